The third-order valence-electron chi connectivity index (χ3n) is 4.01. The van der Waals surface area contributed by atoms with Gasteiger partial charge in [0.05, 0.1) is 18.5 Å². The Bertz CT molecular complexity index is 697. The fraction of sp³-hybridized carbons (Fsp3) is 0.278. The van der Waals surface area contributed by atoms with Crippen LogP contribution in [0.15, 0.2) is 42.5 Å². The van der Waals surface area contributed by atoms with Gasteiger partial charge in [-0.25, -0.2) is 0 Å². The van der Waals surface area contributed by atoms with E-state index in [1.54, 1.807) is 7.11 Å². The minimum absolute atomic E-state index is 0.0512. The molecule has 0 saturated carbocycles. The van der Waals surface area contributed by atoms with Gasteiger partial charge in [-0.3, -0.25) is 4.79 Å². The number of benzene rings is 2. The predicted octanol–water partition coefficient (Wildman–Crippen LogP) is 3.89. The molecule has 1 aliphatic rings. The minimum Gasteiger partial charge on any atom is -0.496 e. The normalized spacial score (nSPS) is 17.0. The number of rotatable bonds is 3. The molecule has 0 saturated heterocycles. The lowest BCUT2D eigenvalue weighted by atomic mass is 10.0. The first-order valence-electron chi connectivity index (χ1n) is 7.55. The monoisotopic (exact) mass is 296 g/mol. The van der Waals surface area contributed by atoms with Gasteiger partial charge in [0.1, 0.15) is 5.75 Å². The summed E-state index contributed by atoms with van der Waals surface area (Å²) in [7, 11) is 1.67. The lowest BCUT2D eigenvalue weighted by molar-refractivity contribution is -0.116. The highest BCUT2D eigenvalue weighted by Gasteiger charge is 2.22. The summed E-state index contributed by atoms with van der Waals surface area (Å²) in [6.45, 7) is 2.08. The molecule has 1 heterocycles. The van der Waals surface area contributed by atoms with E-state index in [1.165, 1.54) is 0 Å². The molecular formula is C18H20N2O2. The van der Waals surface area contributed by atoms with Gasteiger partial charge in [-0.05, 0) is 18.6 Å². The lowest BCUT2D eigenvalue weighted by Crippen LogP contribution is -2.21. The van der Waals surface area contributed by atoms with Crippen LogP contribution in [0, 0.1) is 0 Å². The van der Waals surface area contributed by atoms with Crippen LogP contribution < -0.4 is 15.4 Å². The van der Waals surface area contributed by atoms with Gasteiger partial charge in [0.2, 0.25) is 5.91 Å². The maximum absolute atomic E-state index is 12.0. The number of hydrogen-bond donors (Lipinski definition) is 2. The molecule has 3 rings (SSSR count). The molecule has 0 aliphatic carbocycles. The predicted molar refractivity (Wildman–Crippen MR) is 89.4 cm³/mol. The van der Waals surface area contributed by atoms with Gasteiger partial charge in [0.25, 0.3) is 0 Å². The number of para-hydroxylation sites is 2. The van der Waals surface area contributed by atoms with Gasteiger partial charge in [0.15, 0.2) is 0 Å². The van der Waals surface area contributed by atoms with Crippen molar-refractivity contribution >= 4 is 17.3 Å². The van der Waals surface area contributed by atoms with Crippen LogP contribution in [0.4, 0.5) is 11.4 Å². The van der Waals surface area contributed by atoms with Gasteiger partial charge in [0, 0.05) is 23.6 Å². The van der Waals surface area contributed by atoms with Crippen LogP contribution >= 0.6 is 0 Å². The molecule has 2 N–H and O–H groups in total. The summed E-state index contributed by atoms with van der Waals surface area (Å²) in [6, 6.07) is 14.0. The van der Waals surface area contributed by atoms with E-state index in [4.69, 9.17) is 4.74 Å². The highest BCUT2D eigenvalue weighted by Crippen LogP contribution is 2.40. The number of ether oxygens (including phenoxy) is 1. The Balaban J connectivity index is 2.15. The first kappa shape index (κ1) is 14.4. The molecule has 0 fully saturated rings. The number of nitrogens with one attached hydrogen (secondary N) is 2. The van der Waals surface area contributed by atoms with Crippen LogP contribution in [-0.2, 0) is 4.79 Å². The summed E-state index contributed by atoms with van der Waals surface area (Å²) in [5, 5.41) is 6.51. The van der Waals surface area contributed by atoms with Crippen molar-refractivity contribution in [3.05, 3.63) is 42.5 Å². The molecule has 0 unspecified atom stereocenters. The quantitative estimate of drug-likeness (QED) is 0.903. The van der Waals surface area contributed by atoms with Gasteiger partial charge in [-0.15, -0.1) is 0 Å². The zero-order chi connectivity index (χ0) is 15.5. The summed E-state index contributed by atoms with van der Waals surface area (Å²) in [4.78, 5) is 12.0. The average Bonchev–Trinajstić information content (AvgIpc) is 2.72. The van der Waals surface area contributed by atoms with Crippen molar-refractivity contribution in [3.8, 4) is 16.9 Å². The van der Waals surface area contributed by atoms with E-state index in [2.05, 4.69) is 17.6 Å². The van der Waals surface area contributed by atoms with E-state index in [-0.39, 0.29) is 11.9 Å². The van der Waals surface area contributed by atoms with Gasteiger partial charge in [-0.1, -0.05) is 37.3 Å². The van der Waals surface area contributed by atoms with Gasteiger partial charge < -0.3 is 15.4 Å². The minimum atomic E-state index is 0.0512. The molecule has 0 radical (unpaired) electrons. The number of methoxy groups -OCH3 is 1. The maximum Gasteiger partial charge on any atom is 0.226 e. The van der Waals surface area contributed by atoms with Crippen molar-refractivity contribution in [2.24, 2.45) is 0 Å². The van der Waals surface area contributed by atoms with E-state index in [1.807, 2.05) is 42.5 Å². The zero-order valence-corrected chi connectivity index (χ0v) is 12.8. The van der Waals surface area contributed by atoms with Crippen molar-refractivity contribution in [3.63, 3.8) is 0 Å². The second kappa shape index (κ2) is 6.10. The Morgan fingerprint density at radius 1 is 1.14 bits per heavy atom. The van der Waals surface area contributed by atoms with Crippen LogP contribution in [0.25, 0.3) is 11.1 Å². The molecule has 1 amide bonds. The molecule has 2 aromatic carbocycles. The summed E-state index contributed by atoms with van der Waals surface area (Å²) in [6.07, 6.45) is 1.38. The van der Waals surface area contributed by atoms with Crippen molar-refractivity contribution in [2.75, 3.05) is 17.7 Å². The number of hydrogen-bond acceptors (Lipinski definition) is 3. The standard InChI is InChI=1S/C18H20N2O2/c1-3-12-11-17(21)20-15-9-6-8-14(18(15)19-12)13-7-4-5-10-16(13)22-2/h4-10,12,19H,3,11H2,1-2H3,(H,20,21)/t12-/m1/s1. The maximum atomic E-state index is 12.0. The molecule has 2 aromatic rings. The van der Waals surface area contributed by atoms with E-state index in [0.717, 1.165) is 34.7 Å². The SMILES string of the molecule is CC[C@@H]1CC(=O)Nc2cccc(-c3ccccc3OC)c2N1. The molecule has 1 aliphatic heterocycles. The summed E-state index contributed by atoms with van der Waals surface area (Å²) in [5.74, 6) is 0.872. The lowest BCUT2D eigenvalue weighted by Gasteiger charge is -2.19. The highest BCUT2D eigenvalue weighted by molar-refractivity contribution is 6.00. The van der Waals surface area contributed by atoms with Crippen molar-refractivity contribution in [1.82, 2.24) is 0 Å². The Labute approximate surface area is 130 Å². The van der Waals surface area contributed by atoms with Gasteiger partial charge >= 0.3 is 0 Å². The Morgan fingerprint density at radius 2 is 1.91 bits per heavy atom. The van der Waals surface area contributed by atoms with Crippen LogP contribution in [0.2, 0.25) is 0 Å². The van der Waals surface area contributed by atoms with E-state index in [9.17, 15) is 4.79 Å². The summed E-state index contributed by atoms with van der Waals surface area (Å²) in [5.41, 5.74) is 3.84. The average molecular weight is 296 g/mol. The number of fused-ring (bicyclic) bond motifs is 1. The third kappa shape index (κ3) is 2.64. The van der Waals surface area contributed by atoms with Crippen molar-refractivity contribution in [2.45, 2.75) is 25.8 Å². The first-order chi connectivity index (χ1) is 10.7. The molecule has 22 heavy (non-hydrogen) atoms. The van der Waals surface area contributed by atoms with Crippen LogP contribution in [-0.4, -0.2) is 19.1 Å². The first-order valence-corrected chi connectivity index (χ1v) is 7.55. The third-order valence-corrected chi connectivity index (χ3v) is 4.01. The molecule has 0 bridgehead atoms. The van der Waals surface area contributed by atoms with Crippen LogP contribution in [0.1, 0.15) is 19.8 Å². The van der Waals surface area contributed by atoms with Crippen LogP contribution in [0.3, 0.4) is 0 Å². The highest BCUT2D eigenvalue weighted by atomic mass is 16.5. The number of carbonyl (C=O) groups excluding carboxylic acids is 1. The van der Waals surface area contributed by atoms with E-state index in [0.29, 0.717) is 6.42 Å². The second-order valence-electron chi connectivity index (χ2n) is 5.43. The zero-order valence-electron chi connectivity index (χ0n) is 12.8. The molecule has 4 nitrogen and oxygen atoms in total. The molecule has 114 valence electrons. The van der Waals surface area contributed by atoms with E-state index >= 15 is 0 Å². The second-order valence-corrected chi connectivity index (χ2v) is 5.43. The van der Waals surface area contributed by atoms with Gasteiger partial charge in [-0.2, -0.15) is 0 Å². The Hall–Kier alpha value is -2.49. The molecule has 1 atom stereocenters. The fourth-order valence-corrected chi connectivity index (χ4v) is 2.83. The van der Waals surface area contributed by atoms with E-state index < -0.39 is 0 Å². The number of carbonyl (C=O) groups is 1. The van der Waals surface area contributed by atoms with Crippen LogP contribution in [0.5, 0.6) is 5.75 Å². The summed E-state index contributed by atoms with van der Waals surface area (Å²) < 4.78 is 5.48. The molecule has 4 heteroatoms. The Kier molecular flexibility index (Phi) is 4.00. The smallest absolute Gasteiger partial charge is 0.226 e. The molecular weight excluding hydrogens is 276 g/mol. The molecule has 0 aromatic heterocycles. The largest absolute Gasteiger partial charge is 0.496 e. The Morgan fingerprint density at radius 3 is 2.68 bits per heavy atom. The topological polar surface area (TPSA) is 50.4 Å². The number of amides is 1. The molecule has 0 spiro atoms. The fourth-order valence-electron chi connectivity index (χ4n) is 2.83. The number of anilines is 2. The summed E-state index contributed by atoms with van der Waals surface area (Å²) >= 11 is 0. The van der Waals surface area contributed by atoms with Crippen molar-refractivity contribution < 1.29 is 9.53 Å². The van der Waals surface area contributed by atoms with Crippen molar-refractivity contribution in [1.29, 1.82) is 0 Å².